The Labute approximate surface area is 111 Å². The molecule has 0 atom stereocenters. The number of benzene rings is 2. The Morgan fingerprint density at radius 2 is 1.79 bits per heavy atom. The Bertz CT molecular complexity index is 688. The summed E-state index contributed by atoms with van der Waals surface area (Å²) in [4.78, 5) is 3.21. The number of fused-ring (bicyclic) bond motifs is 1. The van der Waals surface area contributed by atoms with Crippen LogP contribution in [0.3, 0.4) is 0 Å². The first-order valence-corrected chi connectivity index (χ1v) is 6.36. The molecule has 0 bridgehead atoms. The fourth-order valence-electron chi connectivity index (χ4n) is 2.33. The molecule has 0 spiro atoms. The third-order valence-electron chi connectivity index (χ3n) is 3.34. The van der Waals surface area contributed by atoms with Gasteiger partial charge in [0.05, 0.1) is 6.61 Å². The van der Waals surface area contributed by atoms with E-state index in [2.05, 4.69) is 28.5 Å². The summed E-state index contributed by atoms with van der Waals surface area (Å²) in [6.07, 6.45) is 1.95. The zero-order valence-corrected chi connectivity index (χ0v) is 10.6. The molecule has 0 fully saturated rings. The molecule has 3 heteroatoms. The lowest BCUT2D eigenvalue weighted by atomic mass is 10.1. The molecule has 19 heavy (non-hydrogen) atoms. The number of rotatable bonds is 4. The number of nitrogens with one attached hydrogen (secondary N) is 2. The second-order valence-electron chi connectivity index (χ2n) is 4.52. The Morgan fingerprint density at radius 1 is 0.947 bits per heavy atom. The van der Waals surface area contributed by atoms with E-state index >= 15 is 0 Å². The maximum absolute atomic E-state index is 9.31. The second-order valence-corrected chi connectivity index (χ2v) is 4.52. The number of para-hydroxylation sites is 1. The number of anilines is 1. The summed E-state index contributed by atoms with van der Waals surface area (Å²) in [7, 11) is 0. The molecular weight excluding hydrogens is 236 g/mol. The maximum atomic E-state index is 9.31. The lowest BCUT2D eigenvalue weighted by Crippen LogP contribution is -2.02. The summed E-state index contributed by atoms with van der Waals surface area (Å²) in [6.45, 7) is 0.795. The maximum Gasteiger partial charge on any atom is 0.0701 e. The molecule has 3 N–H and O–H groups in total. The van der Waals surface area contributed by atoms with Crippen LogP contribution in [0.1, 0.15) is 11.1 Å². The molecule has 1 aromatic heterocycles. The van der Waals surface area contributed by atoms with Crippen LogP contribution in [0.15, 0.2) is 54.7 Å². The summed E-state index contributed by atoms with van der Waals surface area (Å²) >= 11 is 0. The fraction of sp³-hybridized carbons (Fsp3) is 0.125. The van der Waals surface area contributed by atoms with Gasteiger partial charge in [0, 0.05) is 34.9 Å². The van der Waals surface area contributed by atoms with Gasteiger partial charge in [-0.3, -0.25) is 0 Å². The standard InChI is InChI=1S/C16H16N2O/c19-11-13-4-1-2-6-15(13)18-10-12-5-3-7-16-14(12)8-9-17-16/h1-9,17-19H,10-11H2. The molecule has 0 aliphatic rings. The number of hydrogen-bond acceptors (Lipinski definition) is 2. The van der Waals surface area contributed by atoms with Crippen LogP contribution in [-0.2, 0) is 13.2 Å². The molecule has 2 aromatic carbocycles. The van der Waals surface area contributed by atoms with Gasteiger partial charge >= 0.3 is 0 Å². The molecular formula is C16H16N2O. The van der Waals surface area contributed by atoms with Gasteiger partial charge in [0.1, 0.15) is 0 Å². The van der Waals surface area contributed by atoms with E-state index in [1.807, 2.05) is 36.5 Å². The molecule has 0 unspecified atom stereocenters. The van der Waals surface area contributed by atoms with E-state index in [-0.39, 0.29) is 6.61 Å². The number of aromatic nitrogens is 1. The van der Waals surface area contributed by atoms with Crippen molar-refractivity contribution < 1.29 is 5.11 Å². The van der Waals surface area contributed by atoms with Gasteiger partial charge in [-0.15, -0.1) is 0 Å². The minimum absolute atomic E-state index is 0.0531. The van der Waals surface area contributed by atoms with Crippen LogP contribution < -0.4 is 5.32 Å². The third-order valence-corrected chi connectivity index (χ3v) is 3.34. The summed E-state index contributed by atoms with van der Waals surface area (Å²) < 4.78 is 0. The van der Waals surface area contributed by atoms with Crippen molar-refractivity contribution in [2.45, 2.75) is 13.2 Å². The number of hydrogen-bond donors (Lipinski definition) is 3. The molecule has 3 rings (SSSR count). The number of H-pyrrole nitrogens is 1. The topological polar surface area (TPSA) is 48.0 Å². The van der Waals surface area contributed by atoms with Gasteiger partial charge in [-0.2, -0.15) is 0 Å². The smallest absolute Gasteiger partial charge is 0.0701 e. The first kappa shape index (κ1) is 11.8. The van der Waals surface area contributed by atoms with Gasteiger partial charge in [0.15, 0.2) is 0 Å². The molecule has 0 saturated carbocycles. The molecule has 0 saturated heterocycles. The zero-order valence-electron chi connectivity index (χ0n) is 10.6. The largest absolute Gasteiger partial charge is 0.392 e. The Hall–Kier alpha value is -2.26. The molecule has 3 nitrogen and oxygen atoms in total. The van der Waals surface area contributed by atoms with Crippen molar-refractivity contribution in [3.05, 3.63) is 65.9 Å². The number of aromatic amines is 1. The second kappa shape index (κ2) is 5.16. The van der Waals surface area contributed by atoms with Gasteiger partial charge in [-0.25, -0.2) is 0 Å². The van der Waals surface area contributed by atoms with E-state index in [0.29, 0.717) is 0 Å². The summed E-state index contributed by atoms with van der Waals surface area (Å²) in [6, 6.07) is 16.1. The summed E-state index contributed by atoms with van der Waals surface area (Å²) in [5, 5.41) is 13.9. The van der Waals surface area contributed by atoms with Crippen LogP contribution in [0, 0.1) is 0 Å². The number of aliphatic hydroxyl groups is 1. The van der Waals surface area contributed by atoms with Crippen molar-refractivity contribution in [1.29, 1.82) is 0 Å². The highest BCUT2D eigenvalue weighted by molar-refractivity contribution is 5.83. The van der Waals surface area contributed by atoms with Gasteiger partial charge in [0.25, 0.3) is 0 Å². The van der Waals surface area contributed by atoms with Crippen LogP contribution >= 0.6 is 0 Å². The Morgan fingerprint density at radius 3 is 2.68 bits per heavy atom. The van der Waals surface area contributed by atoms with Gasteiger partial charge < -0.3 is 15.4 Å². The fourth-order valence-corrected chi connectivity index (χ4v) is 2.33. The predicted octanol–water partition coefficient (Wildman–Crippen LogP) is 3.27. The SMILES string of the molecule is OCc1ccccc1NCc1cccc2[nH]ccc12. The van der Waals surface area contributed by atoms with Crippen molar-refractivity contribution in [2.24, 2.45) is 0 Å². The van der Waals surface area contributed by atoms with E-state index in [9.17, 15) is 5.11 Å². The van der Waals surface area contributed by atoms with Crippen LogP contribution in [0.5, 0.6) is 0 Å². The molecule has 0 aliphatic carbocycles. The van der Waals surface area contributed by atoms with Gasteiger partial charge in [-0.05, 0) is 23.8 Å². The van der Waals surface area contributed by atoms with E-state index in [1.54, 1.807) is 0 Å². The first-order chi connectivity index (χ1) is 9.38. The minimum Gasteiger partial charge on any atom is -0.392 e. The minimum atomic E-state index is 0.0531. The lowest BCUT2D eigenvalue weighted by molar-refractivity contribution is 0.282. The average Bonchev–Trinajstić information content (AvgIpc) is 2.94. The Kier molecular flexibility index (Phi) is 3.21. The molecule has 1 heterocycles. The summed E-state index contributed by atoms with van der Waals surface area (Å²) in [5.41, 5.74) is 4.29. The normalized spacial score (nSPS) is 10.8. The van der Waals surface area contributed by atoms with Crippen LogP contribution in [0.25, 0.3) is 10.9 Å². The molecule has 0 amide bonds. The lowest BCUT2D eigenvalue weighted by Gasteiger charge is -2.11. The first-order valence-electron chi connectivity index (χ1n) is 6.36. The van der Waals surface area contributed by atoms with E-state index < -0.39 is 0 Å². The van der Waals surface area contributed by atoms with Gasteiger partial charge in [0.2, 0.25) is 0 Å². The monoisotopic (exact) mass is 252 g/mol. The van der Waals surface area contributed by atoms with E-state index in [1.165, 1.54) is 10.9 Å². The van der Waals surface area contributed by atoms with Gasteiger partial charge in [-0.1, -0.05) is 30.3 Å². The van der Waals surface area contributed by atoms with Crippen molar-refractivity contribution in [2.75, 3.05) is 5.32 Å². The number of aliphatic hydroxyl groups excluding tert-OH is 1. The van der Waals surface area contributed by atoms with Crippen LogP contribution in [0.4, 0.5) is 5.69 Å². The van der Waals surface area contributed by atoms with Crippen molar-refractivity contribution in [1.82, 2.24) is 4.98 Å². The zero-order chi connectivity index (χ0) is 13.1. The highest BCUT2D eigenvalue weighted by Gasteiger charge is 2.03. The predicted molar refractivity (Wildman–Crippen MR) is 78.0 cm³/mol. The summed E-state index contributed by atoms with van der Waals surface area (Å²) in [5.74, 6) is 0. The molecule has 0 radical (unpaired) electrons. The van der Waals surface area contributed by atoms with Crippen LogP contribution in [0.2, 0.25) is 0 Å². The van der Waals surface area contributed by atoms with Crippen molar-refractivity contribution in [3.63, 3.8) is 0 Å². The highest BCUT2D eigenvalue weighted by atomic mass is 16.3. The quantitative estimate of drug-likeness (QED) is 0.667. The molecule has 96 valence electrons. The average molecular weight is 252 g/mol. The van der Waals surface area contributed by atoms with Crippen molar-refractivity contribution in [3.8, 4) is 0 Å². The van der Waals surface area contributed by atoms with Crippen molar-refractivity contribution >= 4 is 16.6 Å². The molecule has 3 aromatic rings. The molecule has 0 aliphatic heterocycles. The van der Waals surface area contributed by atoms with E-state index in [4.69, 9.17) is 0 Å². The highest BCUT2D eigenvalue weighted by Crippen LogP contribution is 2.20. The Balaban J connectivity index is 1.84. The van der Waals surface area contributed by atoms with Crippen LogP contribution in [-0.4, -0.2) is 10.1 Å². The van der Waals surface area contributed by atoms with E-state index in [0.717, 1.165) is 23.3 Å². The third kappa shape index (κ3) is 2.33.